The van der Waals surface area contributed by atoms with Crippen molar-refractivity contribution in [2.75, 3.05) is 13.2 Å². The molecule has 0 aliphatic carbocycles. The van der Waals surface area contributed by atoms with E-state index in [0.717, 1.165) is 19.1 Å². The van der Waals surface area contributed by atoms with E-state index in [9.17, 15) is 0 Å². The lowest BCUT2D eigenvalue weighted by Crippen LogP contribution is -2.11. The highest BCUT2D eigenvalue weighted by Gasteiger charge is 2.24. The van der Waals surface area contributed by atoms with Gasteiger partial charge in [0.1, 0.15) is 6.61 Å². The molecule has 0 saturated carbocycles. The van der Waals surface area contributed by atoms with Gasteiger partial charge < -0.3 is 9.47 Å². The number of ether oxygens (including phenoxy) is 2. The highest BCUT2D eigenvalue weighted by molar-refractivity contribution is 4.62. The van der Waals surface area contributed by atoms with Gasteiger partial charge in [-0.05, 0) is 18.8 Å². The molecule has 2 heteroatoms. The smallest absolute Gasteiger partial charge is 0.181 e. The Hall–Kier alpha value is -0.0800. The first-order chi connectivity index (χ1) is 6.86. The molecule has 2 atom stereocenters. The lowest BCUT2D eigenvalue weighted by atomic mass is 9.97. The summed E-state index contributed by atoms with van der Waals surface area (Å²) in [6.07, 6.45) is 8.07. The van der Waals surface area contributed by atoms with E-state index in [1.165, 1.54) is 38.5 Å². The molecule has 1 fully saturated rings. The van der Waals surface area contributed by atoms with Crippen LogP contribution in [0.4, 0.5) is 0 Å². The summed E-state index contributed by atoms with van der Waals surface area (Å²) in [6.45, 7) is 6.22. The molecule has 1 rings (SSSR count). The minimum Gasteiger partial charge on any atom is -0.350 e. The number of hydrogen-bond acceptors (Lipinski definition) is 2. The van der Waals surface area contributed by atoms with E-state index in [-0.39, 0.29) is 6.29 Å². The summed E-state index contributed by atoms with van der Waals surface area (Å²) in [7, 11) is 0. The fraction of sp³-hybridized carbons (Fsp3) is 1.00. The summed E-state index contributed by atoms with van der Waals surface area (Å²) in [5.74, 6) is 0.760. The quantitative estimate of drug-likeness (QED) is 0.420. The van der Waals surface area contributed by atoms with Gasteiger partial charge in [0.2, 0.25) is 0 Å². The van der Waals surface area contributed by atoms with Gasteiger partial charge in [-0.15, -0.1) is 0 Å². The Balaban J connectivity index is 2.02. The third-order valence-corrected chi connectivity index (χ3v) is 2.73. The largest absolute Gasteiger partial charge is 0.350 e. The molecule has 1 aliphatic rings. The zero-order chi connectivity index (χ0) is 10.2. The van der Waals surface area contributed by atoms with Gasteiger partial charge in [-0.1, -0.05) is 39.5 Å². The van der Waals surface area contributed by atoms with Gasteiger partial charge in [-0.2, -0.15) is 0 Å². The van der Waals surface area contributed by atoms with Crippen LogP contribution in [0.15, 0.2) is 0 Å². The van der Waals surface area contributed by atoms with Crippen LogP contribution in [0.2, 0.25) is 0 Å². The van der Waals surface area contributed by atoms with Crippen LogP contribution in [0.25, 0.3) is 0 Å². The lowest BCUT2D eigenvalue weighted by Gasteiger charge is -2.15. The topological polar surface area (TPSA) is 21.8 Å². The molecule has 2 unspecified atom stereocenters. The van der Waals surface area contributed by atoms with Crippen molar-refractivity contribution in [1.29, 1.82) is 0 Å². The third kappa shape index (κ3) is 5.61. The normalized spacial score (nSPS) is 22.3. The Morgan fingerprint density at radius 3 is 2.57 bits per heavy atom. The molecule has 0 bridgehead atoms. The van der Waals surface area contributed by atoms with Crippen molar-refractivity contribution in [2.45, 2.75) is 58.7 Å². The van der Waals surface area contributed by atoms with Crippen LogP contribution in [0, 0.1) is 5.92 Å². The van der Waals surface area contributed by atoms with Crippen LogP contribution in [-0.2, 0) is 9.47 Å². The predicted molar refractivity (Wildman–Crippen MR) is 58.2 cm³/mol. The maximum atomic E-state index is 5.58. The van der Waals surface area contributed by atoms with Crippen LogP contribution in [0.1, 0.15) is 52.4 Å². The van der Waals surface area contributed by atoms with E-state index >= 15 is 0 Å². The molecule has 0 radical (unpaired) electrons. The first kappa shape index (κ1) is 12.0. The van der Waals surface area contributed by atoms with Gasteiger partial charge in [0.05, 0.1) is 6.61 Å². The van der Waals surface area contributed by atoms with Crippen LogP contribution >= 0.6 is 0 Å². The van der Waals surface area contributed by atoms with Crippen molar-refractivity contribution in [2.24, 2.45) is 5.92 Å². The molecule has 1 saturated heterocycles. The van der Waals surface area contributed by atoms with E-state index in [4.69, 9.17) is 9.47 Å². The Labute approximate surface area is 88.0 Å². The van der Waals surface area contributed by atoms with Crippen LogP contribution in [0.3, 0.4) is 0 Å². The van der Waals surface area contributed by atoms with E-state index in [2.05, 4.69) is 13.8 Å². The number of hydrogen-bond donors (Lipinski definition) is 0. The summed E-state index contributed by atoms with van der Waals surface area (Å²) >= 11 is 0. The third-order valence-electron chi connectivity index (χ3n) is 2.73. The zero-order valence-corrected chi connectivity index (χ0v) is 9.63. The van der Waals surface area contributed by atoms with Crippen molar-refractivity contribution in [1.82, 2.24) is 0 Å². The average Bonchev–Trinajstić information content (AvgIpc) is 2.98. The Morgan fingerprint density at radius 2 is 2.00 bits per heavy atom. The highest BCUT2D eigenvalue weighted by atomic mass is 16.8. The molecule has 0 aromatic heterocycles. The van der Waals surface area contributed by atoms with Crippen LogP contribution in [0.5, 0.6) is 0 Å². The number of epoxide rings is 1. The SMILES string of the molecule is CCCCCC(CCC)COC1CO1. The molecular formula is C12H24O2. The second-order valence-electron chi connectivity index (χ2n) is 4.25. The summed E-state index contributed by atoms with van der Waals surface area (Å²) in [6, 6.07) is 0. The molecule has 1 heterocycles. The molecule has 0 amide bonds. The minimum atomic E-state index is 0.139. The number of rotatable bonds is 9. The molecular weight excluding hydrogens is 176 g/mol. The Kier molecular flexibility index (Phi) is 6.20. The Bertz CT molecular complexity index is 132. The second-order valence-corrected chi connectivity index (χ2v) is 4.25. The monoisotopic (exact) mass is 200 g/mol. The van der Waals surface area contributed by atoms with Crippen molar-refractivity contribution < 1.29 is 9.47 Å². The fourth-order valence-electron chi connectivity index (χ4n) is 1.78. The molecule has 14 heavy (non-hydrogen) atoms. The van der Waals surface area contributed by atoms with E-state index in [1.807, 2.05) is 0 Å². The zero-order valence-electron chi connectivity index (χ0n) is 9.63. The maximum Gasteiger partial charge on any atom is 0.181 e. The van der Waals surface area contributed by atoms with Crippen molar-refractivity contribution in [3.63, 3.8) is 0 Å². The first-order valence-electron chi connectivity index (χ1n) is 6.10. The summed E-state index contributed by atoms with van der Waals surface area (Å²) in [5, 5.41) is 0. The van der Waals surface area contributed by atoms with Gasteiger partial charge in [0, 0.05) is 0 Å². The summed E-state index contributed by atoms with van der Waals surface area (Å²) in [5.41, 5.74) is 0. The lowest BCUT2D eigenvalue weighted by molar-refractivity contribution is 0.0236. The minimum absolute atomic E-state index is 0.139. The molecule has 0 aromatic carbocycles. The predicted octanol–water partition coefficient (Wildman–Crippen LogP) is 3.36. The van der Waals surface area contributed by atoms with Crippen molar-refractivity contribution in [3.05, 3.63) is 0 Å². The van der Waals surface area contributed by atoms with Crippen molar-refractivity contribution in [3.8, 4) is 0 Å². The van der Waals surface area contributed by atoms with Crippen LogP contribution in [-0.4, -0.2) is 19.5 Å². The van der Waals surface area contributed by atoms with E-state index in [0.29, 0.717) is 0 Å². The molecule has 0 N–H and O–H groups in total. The maximum absolute atomic E-state index is 5.58. The second kappa shape index (κ2) is 7.24. The molecule has 2 nitrogen and oxygen atoms in total. The van der Waals surface area contributed by atoms with Gasteiger partial charge in [-0.25, -0.2) is 0 Å². The van der Waals surface area contributed by atoms with Gasteiger partial charge in [-0.3, -0.25) is 0 Å². The van der Waals surface area contributed by atoms with Crippen LogP contribution < -0.4 is 0 Å². The summed E-state index contributed by atoms with van der Waals surface area (Å²) < 4.78 is 10.6. The van der Waals surface area contributed by atoms with Gasteiger partial charge >= 0.3 is 0 Å². The van der Waals surface area contributed by atoms with E-state index in [1.54, 1.807) is 0 Å². The van der Waals surface area contributed by atoms with Gasteiger partial charge in [0.25, 0.3) is 0 Å². The summed E-state index contributed by atoms with van der Waals surface area (Å²) in [4.78, 5) is 0. The number of unbranched alkanes of at least 4 members (excludes halogenated alkanes) is 2. The fourth-order valence-corrected chi connectivity index (χ4v) is 1.78. The standard InChI is InChI=1S/C12H24O2/c1-3-5-6-8-11(7-4-2)9-13-12-10-14-12/h11-12H,3-10H2,1-2H3. The highest BCUT2D eigenvalue weighted by Crippen LogP contribution is 2.19. The molecule has 1 aliphatic heterocycles. The molecule has 0 aromatic rings. The van der Waals surface area contributed by atoms with E-state index < -0.39 is 0 Å². The Morgan fingerprint density at radius 1 is 1.21 bits per heavy atom. The average molecular weight is 200 g/mol. The first-order valence-corrected chi connectivity index (χ1v) is 6.10. The van der Waals surface area contributed by atoms with Gasteiger partial charge in [0.15, 0.2) is 6.29 Å². The van der Waals surface area contributed by atoms with Crippen molar-refractivity contribution >= 4 is 0 Å². The molecule has 84 valence electrons. The molecule has 0 spiro atoms.